The van der Waals surface area contributed by atoms with Gasteiger partial charge in [0.15, 0.2) is 0 Å². The van der Waals surface area contributed by atoms with Crippen molar-refractivity contribution < 1.29 is 75.4 Å². The van der Waals surface area contributed by atoms with Crippen LogP contribution in [0.15, 0.2) is 0 Å². The van der Waals surface area contributed by atoms with Gasteiger partial charge in [0.05, 0.1) is 45.2 Å². The molecule has 3 unspecified atom stereocenters. The molecule has 0 aromatic rings. The van der Waals surface area contributed by atoms with Crippen molar-refractivity contribution in [1.29, 1.82) is 0 Å². The van der Waals surface area contributed by atoms with Crippen molar-refractivity contribution in [3.8, 4) is 0 Å². The summed E-state index contributed by atoms with van der Waals surface area (Å²) in [6.45, 7) is 10.3. The monoisotopic (exact) mass is 1460 g/mol. The highest BCUT2D eigenvalue weighted by Crippen LogP contribution is 2.44. The lowest BCUT2D eigenvalue weighted by Gasteiger charge is -2.42. The molecule has 11 atom stereocenters. The van der Waals surface area contributed by atoms with Gasteiger partial charge >= 0.3 is 6.18 Å². The van der Waals surface area contributed by atoms with E-state index in [1.54, 1.807) is 13.8 Å². The molecule has 576 valence electrons. The van der Waals surface area contributed by atoms with Crippen LogP contribution in [0.4, 0.5) is 13.2 Å². The van der Waals surface area contributed by atoms with Gasteiger partial charge in [0.25, 0.3) is 0 Å². The fraction of sp³-hybridized carbons (Fsp3) is 0.836. The van der Waals surface area contributed by atoms with E-state index in [1.807, 2.05) is 20.8 Å². The summed E-state index contributed by atoms with van der Waals surface area (Å²) in [5.74, 6) is -10.3. The molecule has 0 aromatic carbocycles. The summed E-state index contributed by atoms with van der Waals surface area (Å²) >= 11 is 6.42. The van der Waals surface area contributed by atoms with Gasteiger partial charge in [-0.2, -0.15) is 13.2 Å². The predicted octanol–water partition coefficient (Wildman–Crippen LogP) is 5.58. The highest BCUT2D eigenvalue weighted by atomic mass is 35.5. The Morgan fingerprint density at radius 3 is 1.85 bits per heavy atom. The van der Waals surface area contributed by atoms with Gasteiger partial charge in [-0.1, -0.05) is 92.4 Å². The number of fused-ring (bicyclic) bond motifs is 1. The van der Waals surface area contributed by atoms with Crippen LogP contribution in [0.5, 0.6) is 0 Å². The summed E-state index contributed by atoms with van der Waals surface area (Å²) in [6, 6.07) is -8.64. The van der Waals surface area contributed by atoms with Crippen LogP contribution >= 0.6 is 11.6 Å². The number of morpholine rings is 1. The van der Waals surface area contributed by atoms with Gasteiger partial charge in [-0.15, -0.1) is 11.6 Å². The fourth-order valence-electron chi connectivity index (χ4n) is 16.6. The Morgan fingerprint density at radius 1 is 0.637 bits per heavy atom. The average Bonchev–Trinajstić information content (AvgIpc) is 1.53. The highest BCUT2D eigenvalue weighted by molar-refractivity contribution is 6.21. The number of halogens is 4. The first kappa shape index (κ1) is 83.0. The van der Waals surface area contributed by atoms with Gasteiger partial charge in [-0.25, -0.2) is 0 Å². The van der Waals surface area contributed by atoms with Gasteiger partial charge in [0, 0.05) is 73.8 Å². The summed E-state index contributed by atoms with van der Waals surface area (Å²) in [5, 5.41) is 7.65. The Morgan fingerprint density at radius 2 is 1.25 bits per heavy atom. The number of carbonyl (C=O) groups excluding carboxylic acids is 12. The second kappa shape index (κ2) is 37.1. The lowest BCUT2D eigenvalue weighted by atomic mass is 9.78. The minimum absolute atomic E-state index is 0.00123. The Hall–Kier alpha value is -6.32. The number of likely N-dealkylation sites (N-methyl/N-ethyl adjacent to an activating group) is 7. The average molecular weight is 1460 g/mol. The Kier molecular flexibility index (Phi) is 30.2. The number of carbonyl (C=O) groups is 12. The number of hydrogen-bond donors (Lipinski definition) is 3. The molecular formula is C73H118ClF3N12O13. The molecule has 102 heavy (non-hydrogen) atoms. The lowest BCUT2D eigenvalue weighted by Crippen LogP contribution is -2.65. The molecular weight excluding hydrogens is 1350 g/mol. The molecule has 0 bridgehead atoms. The predicted molar refractivity (Wildman–Crippen MR) is 376 cm³/mol. The minimum Gasteiger partial charge on any atom is -0.378 e. The van der Waals surface area contributed by atoms with Crippen LogP contribution in [0.3, 0.4) is 0 Å². The second-order valence-corrected chi connectivity index (χ2v) is 31.8. The quantitative estimate of drug-likeness (QED) is 0.202. The first-order valence-electron chi connectivity index (χ1n) is 37.8. The van der Waals surface area contributed by atoms with E-state index in [1.165, 1.54) is 76.6 Å². The molecule has 0 radical (unpaired) electrons. The number of nitrogens with one attached hydrogen (secondary N) is 3. The maximum Gasteiger partial charge on any atom is 0.393 e. The molecule has 7 fully saturated rings. The third-order valence-electron chi connectivity index (χ3n) is 23.5. The standard InChI is InChI=1S/C73H118ClF3N12O13/c1-13-47(6)62-69(99)82(8)43-60(92)81(7)44-61(93)84(10)56(40-49-25-23-46(5)24-26-49)67(97)87(14-2)42-58(90)78-53(30-28-48-27-29-51(52(74)39-48)73(75,76)77)66(96)89-33-19-22-54(89)65(95)80-72(31-17-18-32-72)71(101)86(12)63(50-20-15-16-21-50)70(100)85(11)57(68(98)88-34-36-102-37-35-88)41-59(91)83(9)55(38-45(3)4)64(94)79-62/h45-57,62-63H,13-44H2,1-12H3,(H,78,90)(H,79,94)(H,80,95)/t46?,47-,48?,49?,51?,52?,53-,54-,55-,56-,57-,62-,63-/m0/s1. The Bertz CT molecular complexity index is 2960. The number of alkyl halides is 4. The summed E-state index contributed by atoms with van der Waals surface area (Å²) in [5.41, 5.74) is -1.56. The molecule has 25 nitrogen and oxygen atoms in total. The third-order valence-corrected chi connectivity index (χ3v) is 24.0. The van der Waals surface area contributed by atoms with Crippen molar-refractivity contribution in [2.45, 2.75) is 249 Å². The number of rotatable bonds is 12. The van der Waals surface area contributed by atoms with E-state index in [9.17, 15) is 37.1 Å². The molecule has 0 aromatic heterocycles. The number of nitrogens with zero attached hydrogens (tertiary/aromatic N) is 9. The zero-order chi connectivity index (χ0) is 75.2. The summed E-state index contributed by atoms with van der Waals surface area (Å²) < 4.78 is 47.8. The van der Waals surface area contributed by atoms with E-state index in [4.69, 9.17) is 16.3 Å². The first-order valence-corrected chi connectivity index (χ1v) is 38.2. The molecule has 3 heterocycles. The third kappa shape index (κ3) is 20.8. The van der Waals surface area contributed by atoms with E-state index in [0.717, 1.165) is 48.3 Å². The van der Waals surface area contributed by atoms with Crippen LogP contribution in [-0.2, 0) is 62.3 Å². The highest BCUT2D eigenvalue weighted by Gasteiger charge is 2.52. The molecule has 3 saturated heterocycles. The maximum atomic E-state index is 15.7. The van der Waals surface area contributed by atoms with Gasteiger partial charge in [0.1, 0.15) is 47.8 Å². The van der Waals surface area contributed by atoms with Gasteiger partial charge in [-0.05, 0) is 126 Å². The summed E-state index contributed by atoms with van der Waals surface area (Å²) in [7, 11) is 8.64. The molecule has 3 aliphatic heterocycles. The molecule has 29 heteroatoms. The van der Waals surface area contributed by atoms with Crippen molar-refractivity contribution in [3.05, 3.63) is 0 Å². The van der Waals surface area contributed by atoms with Crippen molar-refractivity contribution in [2.75, 3.05) is 101 Å². The van der Waals surface area contributed by atoms with Crippen molar-refractivity contribution in [3.63, 3.8) is 0 Å². The van der Waals surface area contributed by atoms with E-state index in [2.05, 4.69) is 22.9 Å². The topological polar surface area (TPSA) is 279 Å². The van der Waals surface area contributed by atoms with Crippen molar-refractivity contribution in [2.24, 2.45) is 41.4 Å². The molecule has 4 saturated carbocycles. The largest absolute Gasteiger partial charge is 0.393 e. The number of ether oxygens (including phenoxy) is 1. The van der Waals surface area contributed by atoms with Crippen LogP contribution in [0.1, 0.15) is 189 Å². The zero-order valence-corrected chi connectivity index (χ0v) is 63.4. The number of amides is 12. The molecule has 7 rings (SSSR count). The second-order valence-electron chi connectivity index (χ2n) is 31.2. The van der Waals surface area contributed by atoms with Crippen LogP contribution in [-0.4, -0.2) is 276 Å². The van der Waals surface area contributed by atoms with Crippen molar-refractivity contribution in [1.82, 2.24) is 60.0 Å². The Labute approximate surface area is 606 Å². The summed E-state index contributed by atoms with van der Waals surface area (Å²) in [6.07, 6.45) is 3.54. The summed E-state index contributed by atoms with van der Waals surface area (Å²) in [4.78, 5) is 192. The van der Waals surface area contributed by atoms with E-state index < -0.39 is 174 Å². The fourth-order valence-corrected chi connectivity index (χ4v) is 17.2. The smallest absolute Gasteiger partial charge is 0.378 e. The van der Waals surface area contributed by atoms with E-state index in [0.29, 0.717) is 44.4 Å². The van der Waals surface area contributed by atoms with E-state index in [-0.39, 0.29) is 121 Å². The zero-order valence-electron chi connectivity index (χ0n) is 62.6. The Balaban J connectivity index is 1.28. The van der Waals surface area contributed by atoms with Gasteiger partial charge in [0.2, 0.25) is 70.9 Å². The van der Waals surface area contributed by atoms with Crippen LogP contribution in [0.2, 0.25) is 0 Å². The molecule has 4 aliphatic carbocycles. The van der Waals surface area contributed by atoms with Crippen molar-refractivity contribution >= 4 is 82.5 Å². The van der Waals surface area contributed by atoms with Gasteiger partial charge < -0.3 is 64.8 Å². The molecule has 12 amide bonds. The molecule has 3 N–H and O–H groups in total. The van der Waals surface area contributed by atoms with E-state index >= 15 is 33.6 Å². The van der Waals surface area contributed by atoms with Crippen LogP contribution in [0, 0.1) is 41.4 Å². The first-order chi connectivity index (χ1) is 48.1. The van der Waals surface area contributed by atoms with Crippen LogP contribution < -0.4 is 16.0 Å². The SMILES string of the molecule is CC[C@H](C)[C@@H]1NC(=O)[C@H](CC(C)C)N(C)C(=O)C[C@@H](C(=O)N2CCOCC2)N(C)C(=O)[C@H](C2CCCC2)N(C)C(=O)C2(CCCC2)NC(=O)[C@@H]2CCCN2C(=O)[C@H](CCC2CCC(C(F)(F)F)C(Cl)C2)NC(=O)CN(CC)C(=O)[C@H](CC2CCC(C)CC2)N(C)C(=O)CN(C)C(=O)CN(C)C1=O. The number of hydrogen-bond acceptors (Lipinski definition) is 13. The maximum absolute atomic E-state index is 15.7. The molecule has 7 aliphatic rings. The normalized spacial score (nSPS) is 30.9. The molecule has 1 spiro atoms. The van der Waals surface area contributed by atoms with Crippen LogP contribution in [0.25, 0.3) is 0 Å². The minimum atomic E-state index is -4.51. The van der Waals surface area contributed by atoms with Gasteiger partial charge in [-0.3, -0.25) is 57.5 Å². The lowest BCUT2D eigenvalue weighted by molar-refractivity contribution is -0.182.